The van der Waals surface area contributed by atoms with E-state index in [-0.39, 0.29) is 38.1 Å². The standard InChI is InChI=1S/C38H46Cl2FN3O5Si/c1-24-11-13-28(41)21-29(24)31-22-33(45)43(16-15-42-36(47)49-37(2,3)4)34(25-9-8-10-26(39)19-25)38(31)30-14-12-27(40)20-32(30)44(35(38)46)23-48-17-18-50(5,6)7/h8-14,19-21,31,34H,15-18,22-23H2,1-7H3,(H,42,47)/t31-,34+,38-/m1/s1. The largest absolute Gasteiger partial charge is 0.444 e. The minimum atomic E-state index is -1.45. The Labute approximate surface area is 305 Å². The van der Waals surface area contributed by atoms with Gasteiger partial charge < -0.3 is 19.7 Å². The average Bonchev–Trinajstić information content (AvgIpc) is 3.23. The van der Waals surface area contributed by atoms with Gasteiger partial charge in [0, 0.05) is 50.2 Å². The van der Waals surface area contributed by atoms with Crippen molar-refractivity contribution >= 4 is 54.9 Å². The molecule has 0 aliphatic carbocycles. The number of halogens is 3. The monoisotopic (exact) mass is 741 g/mol. The molecule has 12 heteroatoms. The van der Waals surface area contributed by atoms with E-state index in [0.717, 1.165) is 11.6 Å². The molecule has 2 aliphatic rings. The molecule has 1 spiro atoms. The molecule has 0 bridgehead atoms. The number of anilines is 1. The van der Waals surface area contributed by atoms with E-state index < -0.39 is 43.0 Å². The Bertz CT molecular complexity index is 1780. The molecule has 5 rings (SSSR count). The van der Waals surface area contributed by atoms with Gasteiger partial charge in [-0.15, -0.1) is 0 Å². The van der Waals surface area contributed by atoms with E-state index in [1.165, 1.54) is 12.1 Å². The Morgan fingerprint density at radius 1 is 1.04 bits per heavy atom. The number of rotatable bonds is 10. The highest BCUT2D eigenvalue weighted by molar-refractivity contribution is 6.76. The molecular formula is C38H46Cl2FN3O5Si. The summed E-state index contributed by atoms with van der Waals surface area (Å²) < 4.78 is 26.7. The predicted molar refractivity (Wildman–Crippen MR) is 198 cm³/mol. The fourth-order valence-electron chi connectivity index (χ4n) is 7.13. The Morgan fingerprint density at radius 3 is 2.44 bits per heavy atom. The van der Waals surface area contributed by atoms with Gasteiger partial charge >= 0.3 is 6.09 Å². The quantitative estimate of drug-likeness (QED) is 0.166. The van der Waals surface area contributed by atoms with E-state index in [1.54, 1.807) is 67.0 Å². The van der Waals surface area contributed by atoms with Gasteiger partial charge in [-0.2, -0.15) is 0 Å². The molecular weight excluding hydrogens is 696 g/mol. The second-order valence-corrected chi connectivity index (χ2v) is 21.8. The molecule has 0 radical (unpaired) electrons. The molecule has 1 saturated heterocycles. The fourth-order valence-corrected chi connectivity index (χ4v) is 8.25. The number of nitrogens with zero attached hydrogens (tertiary/aromatic N) is 2. The molecule has 3 atom stereocenters. The summed E-state index contributed by atoms with van der Waals surface area (Å²) in [6.07, 6.45) is -0.714. The molecule has 1 N–H and O–H groups in total. The Kier molecular flexibility index (Phi) is 11.1. The van der Waals surface area contributed by atoms with Gasteiger partial charge in [-0.25, -0.2) is 9.18 Å². The highest BCUT2D eigenvalue weighted by atomic mass is 35.5. The highest BCUT2D eigenvalue weighted by Crippen LogP contribution is 2.62. The zero-order valence-electron chi connectivity index (χ0n) is 29.7. The van der Waals surface area contributed by atoms with E-state index in [9.17, 15) is 9.59 Å². The summed E-state index contributed by atoms with van der Waals surface area (Å²) in [5.41, 5.74) is 0.994. The van der Waals surface area contributed by atoms with E-state index in [0.29, 0.717) is 39.0 Å². The van der Waals surface area contributed by atoms with E-state index >= 15 is 9.18 Å². The van der Waals surface area contributed by atoms with Crippen LogP contribution in [0.4, 0.5) is 14.9 Å². The van der Waals surface area contributed by atoms with Crippen LogP contribution in [0.3, 0.4) is 0 Å². The normalized spacial score (nSPS) is 20.8. The zero-order chi connectivity index (χ0) is 36.6. The van der Waals surface area contributed by atoms with Crippen LogP contribution in [0, 0.1) is 12.7 Å². The van der Waals surface area contributed by atoms with Crippen molar-refractivity contribution in [3.63, 3.8) is 0 Å². The molecule has 50 heavy (non-hydrogen) atoms. The van der Waals surface area contributed by atoms with Crippen molar-refractivity contribution < 1.29 is 28.2 Å². The van der Waals surface area contributed by atoms with Crippen LogP contribution >= 0.6 is 23.2 Å². The number of hydrogen-bond donors (Lipinski definition) is 1. The Hall–Kier alpha value is -3.44. The molecule has 0 aromatic heterocycles. The minimum absolute atomic E-state index is 0.0241. The summed E-state index contributed by atoms with van der Waals surface area (Å²) in [7, 11) is -1.43. The molecule has 2 aliphatic heterocycles. The van der Waals surface area contributed by atoms with E-state index in [4.69, 9.17) is 32.7 Å². The number of ether oxygens (including phenoxy) is 2. The summed E-state index contributed by atoms with van der Waals surface area (Å²) in [5, 5.41) is 3.62. The van der Waals surface area contributed by atoms with Crippen LogP contribution in [-0.4, -0.2) is 62.9 Å². The number of hydrogen-bond acceptors (Lipinski definition) is 5. The third kappa shape index (κ3) is 7.88. The Balaban J connectivity index is 1.71. The lowest BCUT2D eigenvalue weighted by atomic mass is 9.58. The molecule has 2 heterocycles. The van der Waals surface area contributed by atoms with Gasteiger partial charge in [-0.05, 0) is 92.4 Å². The number of carbonyl (C=O) groups excluding carboxylic acids is 3. The van der Waals surface area contributed by atoms with Gasteiger partial charge in [0.25, 0.3) is 0 Å². The van der Waals surface area contributed by atoms with Crippen LogP contribution in [0.5, 0.6) is 0 Å². The van der Waals surface area contributed by atoms with Crippen molar-refractivity contribution in [2.24, 2.45) is 0 Å². The first-order valence-electron chi connectivity index (χ1n) is 16.9. The van der Waals surface area contributed by atoms with Crippen molar-refractivity contribution in [2.75, 3.05) is 31.3 Å². The predicted octanol–water partition coefficient (Wildman–Crippen LogP) is 8.62. The maximum absolute atomic E-state index is 15.5. The summed E-state index contributed by atoms with van der Waals surface area (Å²) >= 11 is 13.2. The van der Waals surface area contributed by atoms with Gasteiger partial charge in [-0.3, -0.25) is 14.5 Å². The van der Waals surface area contributed by atoms with Crippen molar-refractivity contribution in [3.05, 3.63) is 98.8 Å². The van der Waals surface area contributed by atoms with Crippen LogP contribution in [0.2, 0.25) is 35.7 Å². The lowest BCUT2D eigenvalue weighted by molar-refractivity contribution is -0.146. The molecule has 268 valence electrons. The topological polar surface area (TPSA) is 88.2 Å². The first-order valence-corrected chi connectivity index (χ1v) is 21.4. The van der Waals surface area contributed by atoms with Gasteiger partial charge in [0.2, 0.25) is 11.8 Å². The number of carbonyl (C=O) groups is 3. The first-order chi connectivity index (χ1) is 23.4. The molecule has 1 fully saturated rings. The average molecular weight is 743 g/mol. The van der Waals surface area contributed by atoms with Crippen LogP contribution < -0.4 is 10.2 Å². The summed E-state index contributed by atoms with van der Waals surface area (Å²) in [6.45, 7) is 14.5. The number of nitrogens with one attached hydrogen (secondary N) is 1. The van der Waals surface area contributed by atoms with Crippen molar-refractivity contribution in [1.29, 1.82) is 0 Å². The lowest BCUT2D eigenvalue weighted by Crippen LogP contribution is -2.60. The number of alkyl carbamates (subject to hydrolysis) is 1. The van der Waals surface area contributed by atoms with Gasteiger partial charge in [0.05, 0.1) is 11.7 Å². The number of fused-ring (bicyclic) bond motifs is 2. The highest BCUT2D eigenvalue weighted by Gasteiger charge is 2.65. The zero-order valence-corrected chi connectivity index (χ0v) is 32.3. The number of piperidine rings is 1. The maximum Gasteiger partial charge on any atom is 0.407 e. The third-order valence-electron chi connectivity index (χ3n) is 9.31. The SMILES string of the molecule is Cc1ccc(F)cc1[C@H]1CC(=O)N(CCNC(=O)OC(C)(C)C)[C@@H](c2cccc(Cl)c2)[C@]12C(=O)N(COCC[Si](C)(C)C)c1cc(Cl)ccc12. The number of amides is 3. The van der Waals surface area contributed by atoms with Crippen LogP contribution in [-0.2, 0) is 24.5 Å². The maximum atomic E-state index is 15.5. The summed E-state index contributed by atoms with van der Waals surface area (Å²) in [6, 6.07) is 16.9. The van der Waals surface area contributed by atoms with Gasteiger partial charge in [0.1, 0.15) is 23.6 Å². The number of likely N-dealkylation sites (tertiary alicyclic amines) is 1. The molecule has 3 aromatic carbocycles. The molecule has 3 amide bonds. The summed E-state index contributed by atoms with van der Waals surface area (Å²) in [4.78, 5) is 45.9. The Morgan fingerprint density at radius 2 is 1.76 bits per heavy atom. The van der Waals surface area contributed by atoms with Crippen molar-refractivity contribution in [1.82, 2.24) is 10.2 Å². The van der Waals surface area contributed by atoms with E-state index in [2.05, 4.69) is 25.0 Å². The minimum Gasteiger partial charge on any atom is -0.444 e. The lowest BCUT2D eigenvalue weighted by Gasteiger charge is -2.52. The van der Waals surface area contributed by atoms with Crippen LogP contribution in [0.25, 0.3) is 0 Å². The van der Waals surface area contributed by atoms with Crippen LogP contribution in [0.15, 0.2) is 60.7 Å². The molecule has 0 saturated carbocycles. The fraction of sp³-hybridized carbons (Fsp3) is 0.447. The van der Waals surface area contributed by atoms with Crippen molar-refractivity contribution in [3.8, 4) is 0 Å². The number of benzene rings is 3. The van der Waals surface area contributed by atoms with E-state index in [1.807, 2.05) is 19.1 Å². The second kappa shape index (κ2) is 14.7. The number of aryl methyl sites for hydroxylation is 1. The molecule has 3 aromatic rings. The second-order valence-electron chi connectivity index (χ2n) is 15.3. The molecule has 0 unspecified atom stereocenters. The third-order valence-corrected chi connectivity index (χ3v) is 11.5. The van der Waals surface area contributed by atoms with Gasteiger partial charge in [-0.1, -0.05) is 67.1 Å². The van der Waals surface area contributed by atoms with Crippen molar-refractivity contribution in [2.45, 2.75) is 82.8 Å². The first kappa shape index (κ1) is 37.8. The van der Waals surface area contributed by atoms with Crippen LogP contribution in [0.1, 0.15) is 61.4 Å². The summed E-state index contributed by atoms with van der Waals surface area (Å²) in [5.74, 6) is -1.79. The van der Waals surface area contributed by atoms with Gasteiger partial charge in [0.15, 0.2) is 0 Å². The molecule has 8 nitrogen and oxygen atoms in total. The smallest absolute Gasteiger partial charge is 0.407 e.